The lowest BCUT2D eigenvalue weighted by Crippen LogP contribution is -2.68. The van der Waals surface area contributed by atoms with Crippen LogP contribution in [0.5, 0.6) is 5.75 Å². The molecule has 0 amide bonds. The van der Waals surface area contributed by atoms with Gasteiger partial charge in [-0.05, 0) is 43.5 Å². The number of benzene rings is 1. The van der Waals surface area contributed by atoms with Gasteiger partial charge in [-0.1, -0.05) is 0 Å². The molecule has 0 unspecified atom stereocenters. The summed E-state index contributed by atoms with van der Waals surface area (Å²) < 4.78 is 9.86. The highest BCUT2D eigenvalue weighted by Gasteiger charge is 2.75. The number of carbonyl (C=O) groups excluding carboxylic acids is 2. The average Bonchev–Trinajstić information content (AvgIpc) is 2.35. The number of hydrogen-bond acceptors (Lipinski definition) is 4. The van der Waals surface area contributed by atoms with Crippen molar-refractivity contribution >= 4 is 11.8 Å². The fourth-order valence-corrected chi connectivity index (χ4v) is 3.51. The van der Waals surface area contributed by atoms with Gasteiger partial charge in [0.15, 0.2) is 5.78 Å². The summed E-state index contributed by atoms with van der Waals surface area (Å²) in [5.41, 5.74) is 0.0126. The van der Waals surface area contributed by atoms with Crippen molar-refractivity contribution in [1.29, 1.82) is 0 Å². The number of ether oxygens (including phenoxy) is 2. The van der Waals surface area contributed by atoms with Gasteiger partial charge in [0.05, 0.1) is 19.6 Å². The van der Waals surface area contributed by atoms with Gasteiger partial charge in [0.1, 0.15) is 5.75 Å². The van der Waals surface area contributed by atoms with E-state index in [1.54, 1.807) is 31.4 Å². The van der Waals surface area contributed by atoms with Gasteiger partial charge in [-0.2, -0.15) is 0 Å². The molecule has 0 radical (unpaired) electrons. The van der Waals surface area contributed by atoms with E-state index in [0.717, 1.165) is 5.75 Å². The number of Topliss-reactive ketones (excluding diaryl/α,β-unsaturated/α-hetero) is 1. The predicted molar refractivity (Wildman–Crippen MR) is 68.1 cm³/mol. The van der Waals surface area contributed by atoms with Crippen molar-refractivity contribution in [2.75, 3.05) is 14.2 Å². The van der Waals surface area contributed by atoms with E-state index in [0.29, 0.717) is 24.8 Å². The van der Waals surface area contributed by atoms with E-state index in [4.69, 9.17) is 9.47 Å². The highest BCUT2D eigenvalue weighted by atomic mass is 16.5. The summed E-state index contributed by atoms with van der Waals surface area (Å²) in [4.78, 5) is 24.0. The van der Waals surface area contributed by atoms with Crippen LogP contribution < -0.4 is 4.74 Å². The quantitative estimate of drug-likeness (QED) is 0.615. The maximum atomic E-state index is 12.4. The fourth-order valence-electron chi connectivity index (χ4n) is 3.51. The van der Waals surface area contributed by atoms with Crippen LogP contribution in [0, 0.1) is 10.8 Å². The minimum Gasteiger partial charge on any atom is -0.497 e. The summed E-state index contributed by atoms with van der Waals surface area (Å²) in [6.07, 6.45) is 1.91. The van der Waals surface area contributed by atoms with Crippen molar-refractivity contribution in [3.8, 4) is 5.75 Å². The fraction of sp³-hybridized carbons (Fsp3) is 0.467. The normalized spacial score (nSPS) is 30.8. The van der Waals surface area contributed by atoms with Crippen LogP contribution in [0.3, 0.4) is 0 Å². The first kappa shape index (κ1) is 12.2. The molecule has 1 aromatic rings. The second-order valence-corrected chi connectivity index (χ2v) is 5.64. The van der Waals surface area contributed by atoms with E-state index in [2.05, 4.69) is 0 Å². The van der Waals surface area contributed by atoms with Gasteiger partial charge < -0.3 is 9.47 Å². The molecule has 0 N–H and O–H groups in total. The first-order valence-electron chi connectivity index (χ1n) is 6.33. The Balaban J connectivity index is 1.72. The van der Waals surface area contributed by atoms with Crippen LogP contribution in [0.2, 0.25) is 0 Å². The van der Waals surface area contributed by atoms with Crippen LogP contribution in [0.25, 0.3) is 0 Å². The van der Waals surface area contributed by atoms with Gasteiger partial charge in [-0.3, -0.25) is 9.59 Å². The molecule has 4 nitrogen and oxygen atoms in total. The number of esters is 1. The molecule has 3 fully saturated rings. The Hall–Kier alpha value is -1.84. The summed E-state index contributed by atoms with van der Waals surface area (Å²) >= 11 is 0. The Morgan fingerprint density at radius 2 is 1.58 bits per heavy atom. The molecule has 0 aromatic heterocycles. The van der Waals surface area contributed by atoms with E-state index in [1.807, 2.05) is 0 Å². The standard InChI is InChI=1S/C15H16O4/c1-18-11-5-3-10(4-6-11)12(16)14-7-15(8-14,9-14)13(17)19-2/h3-6H,7-9H2,1-2H3. The van der Waals surface area contributed by atoms with Crippen LogP contribution >= 0.6 is 0 Å². The Bertz CT molecular complexity index is 524. The molecule has 0 aliphatic heterocycles. The third-order valence-corrected chi connectivity index (χ3v) is 4.48. The Labute approximate surface area is 111 Å². The van der Waals surface area contributed by atoms with Crippen LogP contribution in [0.4, 0.5) is 0 Å². The Morgan fingerprint density at radius 1 is 1.00 bits per heavy atom. The Morgan fingerprint density at radius 3 is 2.05 bits per heavy atom. The first-order valence-corrected chi connectivity index (χ1v) is 6.33. The zero-order valence-corrected chi connectivity index (χ0v) is 11.1. The van der Waals surface area contributed by atoms with Gasteiger partial charge >= 0.3 is 5.97 Å². The van der Waals surface area contributed by atoms with E-state index in [9.17, 15) is 9.59 Å². The van der Waals surface area contributed by atoms with Crippen molar-refractivity contribution in [3.63, 3.8) is 0 Å². The van der Waals surface area contributed by atoms with Crippen LogP contribution in [0.15, 0.2) is 24.3 Å². The smallest absolute Gasteiger partial charge is 0.311 e. The average molecular weight is 260 g/mol. The maximum absolute atomic E-state index is 12.4. The summed E-state index contributed by atoms with van der Waals surface area (Å²) in [6, 6.07) is 7.14. The molecule has 19 heavy (non-hydrogen) atoms. The monoisotopic (exact) mass is 260 g/mol. The molecule has 4 heteroatoms. The number of carbonyl (C=O) groups is 2. The molecule has 0 heterocycles. The minimum atomic E-state index is -0.364. The second kappa shape index (κ2) is 3.83. The number of hydrogen-bond donors (Lipinski definition) is 0. The number of rotatable bonds is 4. The molecule has 4 rings (SSSR count). The number of ketones is 1. The van der Waals surface area contributed by atoms with Crippen LogP contribution in [-0.2, 0) is 9.53 Å². The van der Waals surface area contributed by atoms with E-state index in [-0.39, 0.29) is 22.6 Å². The van der Waals surface area contributed by atoms with Crippen molar-refractivity contribution in [1.82, 2.24) is 0 Å². The molecular formula is C15H16O4. The first-order chi connectivity index (χ1) is 9.05. The maximum Gasteiger partial charge on any atom is 0.311 e. The lowest BCUT2D eigenvalue weighted by atomic mass is 9.33. The van der Waals surface area contributed by atoms with Crippen LogP contribution in [-0.4, -0.2) is 26.0 Å². The molecule has 3 saturated carbocycles. The molecule has 1 aromatic carbocycles. The van der Waals surface area contributed by atoms with E-state index >= 15 is 0 Å². The van der Waals surface area contributed by atoms with Crippen LogP contribution in [0.1, 0.15) is 29.6 Å². The van der Waals surface area contributed by atoms with Crippen molar-refractivity contribution in [2.24, 2.45) is 10.8 Å². The van der Waals surface area contributed by atoms with E-state index in [1.165, 1.54) is 7.11 Å². The minimum absolute atomic E-state index is 0.140. The highest BCUT2D eigenvalue weighted by Crippen LogP contribution is 2.74. The van der Waals surface area contributed by atoms with Gasteiger partial charge in [-0.15, -0.1) is 0 Å². The SMILES string of the molecule is COC(=O)C12CC(C(=O)c3ccc(OC)cc3)(C1)C2. The van der Waals surface area contributed by atoms with Gasteiger partial charge in [0.25, 0.3) is 0 Å². The van der Waals surface area contributed by atoms with Gasteiger partial charge in [-0.25, -0.2) is 0 Å². The highest BCUT2D eigenvalue weighted by molar-refractivity contribution is 6.05. The van der Waals surface area contributed by atoms with Crippen molar-refractivity contribution < 1.29 is 19.1 Å². The van der Waals surface area contributed by atoms with Gasteiger partial charge in [0.2, 0.25) is 0 Å². The lowest BCUT2D eigenvalue weighted by molar-refractivity contribution is -0.207. The van der Waals surface area contributed by atoms with E-state index < -0.39 is 0 Å². The molecule has 2 bridgehead atoms. The van der Waals surface area contributed by atoms with Crippen molar-refractivity contribution in [3.05, 3.63) is 29.8 Å². The third-order valence-electron chi connectivity index (χ3n) is 4.48. The summed E-state index contributed by atoms with van der Waals surface area (Å²) in [5.74, 6) is 0.706. The second-order valence-electron chi connectivity index (χ2n) is 5.64. The molecule has 100 valence electrons. The molecular weight excluding hydrogens is 244 g/mol. The van der Waals surface area contributed by atoms with Crippen molar-refractivity contribution in [2.45, 2.75) is 19.3 Å². The summed E-state index contributed by atoms with van der Waals surface area (Å²) in [5, 5.41) is 0. The molecule has 3 aliphatic rings. The zero-order chi connectivity index (χ0) is 13.7. The molecule has 0 spiro atoms. The zero-order valence-electron chi connectivity index (χ0n) is 11.1. The molecule has 0 saturated heterocycles. The predicted octanol–water partition coefficient (Wildman–Crippen LogP) is 2.22. The third kappa shape index (κ3) is 1.52. The van der Waals surface area contributed by atoms with Gasteiger partial charge in [0, 0.05) is 11.0 Å². The molecule has 0 atom stereocenters. The topological polar surface area (TPSA) is 52.6 Å². The number of methoxy groups -OCH3 is 2. The summed E-state index contributed by atoms with van der Waals surface area (Å²) in [7, 11) is 3.00. The molecule has 3 aliphatic carbocycles. The Kier molecular flexibility index (Phi) is 2.46. The largest absolute Gasteiger partial charge is 0.497 e. The summed E-state index contributed by atoms with van der Waals surface area (Å²) in [6.45, 7) is 0. The lowest BCUT2D eigenvalue weighted by Gasteiger charge is -2.67.